The number of benzene rings is 2. The molecule has 0 fully saturated rings. The van der Waals surface area contributed by atoms with E-state index in [0.717, 1.165) is 26.4 Å². The summed E-state index contributed by atoms with van der Waals surface area (Å²) >= 11 is 5.07. The molecule has 0 amide bonds. The molecule has 0 bridgehead atoms. The van der Waals surface area contributed by atoms with E-state index in [9.17, 15) is 4.39 Å². The molecule has 1 N–H and O–H groups in total. The van der Waals surface area contributed by atoms with Gasteiger partial charge >= 0.3 is 0 Å². The molecule has 0 radical (unpaired) electrons. The van der Waals surface area contributed by atoms with Crippen LogP contribution in [0.3, 0.4) is 0 Å². The van der Waals surface area contributed by atoms with E-state index in [-0.39, 0.29) is 5.82 Å². The van der Waals surface area contributed by atoms with Crippen molar-refractivity contribution in [3.8, 4) is 0 Å². The van der Waals surface area contributed by atoms with E-state index in [0.29, 0.717) is 6.54 Å². The molecule has 0 saturated heterocycles. The molecule has 0 saturated carbocycles. The Balaban J connectivity index is 2.20. The van der Waals surface area contributed by atoms with Crippen LogP contribution in [0.1, 0.15) is 12.5 Å². The highest BCUT2D eigenvalue weighted by molar-refractivity contribution is 9.10. The fourth-order valence-corrected chi connectivity index (χ4v) is 3.18. The van der Waals surface area contributed by atoms with Crippen molar-refractivity contribution >= 4 is 27.7 Å². The van der Waals surface area contributed by atoms with Crippen molar-refractivity contribution < 1.29 is 4.39 Å². The molecule has 2 rings (SSSR count). The van der Waals surface area contributed by atoms with Crippen LogP contribution in [-0.4, -0.2) is 6.54 Å². The number of halogens is 2. The van der Waals surface area contributed by atoms with E-state index in [1.54, 1.807) is 23.9 Å². The van der Waals surface area contributed by atoms with Crippen LogP contribution in [0.15, 0.2) is 56.7 Å². The predicted octanol–water partition coefficient (Wildman–Crippen LogP) is 4.85. The van der Waals surface area contributed by atoms with Gasteiger partial charge in [0, 0.05) is 20.8 Å². The highest BCUT2D eigenvalue weighted by Gasteiger charge is 2.05. The van der Waals surface area contributed by atoms with Gasteiger partial charge < -0.3 is 5.32 Å². The van der Waals surface area contributed by atoms with Gasteiger partial charge in [-0.25, -0.2) is 4.39 Å². The van der Waals surface area contributed by atoms with Gasteiger partial charge in [-0.1, -0.05) is 30.8 Å². The van der Waals surface area contributed by atoms with Crippen molar-refractivity contribution in [1.82, 2.24) is 5.32 Å². The predicted molar refractivity (Wildman–Crippen MR) is 82.0 cm³/mol. The maximum atomic E-state index is 13.6. The summed E-state index contributed by atoms with van der Waals surface area (Å²) in [5, 5.41) is 3.21. The standard InChI is InChI=1S/C15H15BrFNS/c1-2-18-10-11-7-12(17)9-13(8-11)19-15-6-4-3-5-14(15)16/h3-9,18H,2,10H2,1H3. The Kier molecular flexibility index (Phi) is 5.43. The Morgan fingerprint density at radius 3 is 2.74 bits per heavy atom. The Morgan fingerprint density at radius 2 is 2.00 bits per heavy atom. The molecule has 0 aliphatic heterocycles. The summed E-state index contributed by atoms with van der Waals surface area (Å²) in [6, 6.07) is 13.1. The van der Waals surface area contributed by atoms with Gasteiger partial charge in [-0.3, -0.25) is 0 Å². The zero-order chi connectivity index (χ0) is 13.7. The SMILES string of the molecule is CCNCc1cc(F)cc(Sc2ccccc2Br)c1. The zero-order valence-corrected chi connectivity index (χ0v) is 13.0. The van der Waals surface area contributed by atoms with Gasteiger partial charge in [0.15, 0.2) is 0 Å². The van der Waals surface area contributed by atoms with Gasteiger partial charge in [0.25, 0.3) is 0 Å². The molecule has 0 unspecified atom stereocenters. The summed E-state index contributed by atoms with van der Waals surface area (Å²) in [7, 11) is 0. The highest BCUT2D eigenvalue weighted by atomic mass is 79.9. The largest absolute Gasteiger partial charge is 0.313 e. The van der Waals surface area contributed by atoms with Gasteiger partial charge in [-0.2, -0.15) is 0 Å². The molecule has 0 aliphatic carbocycles. The van der Waals surface area contributed by atoms with Gasteiger partial charge in [0.2, 0.25) is 0 Å². The van der Waals surface area contributed by atoms with Gasteiger partial charge in [0.1, 0.15) is 5.82 Å². The van der Waals surface area contributed by atoms with E-state index in [4.69, 9.17) is 0 Å². The molecule has 1 nitrogen and oxygen atoms in total. The van der Waals surface area contributed by atoms with E-state index >= 15 is 0 Å². The van der Waals surface area contributed by atoms with Gasteiger partial charge in [-0.05, 0) is 58.4 Å². The third-order valence-electron chi connectivity index (χ3n) is 2.57. The van der Waals surface area contributed by atoms with Crippen LogP contribution in [0, 0.1) is 5.82 Å². The van der Waals surface area contributed by atoms with Crippen LogP contribution >= 0.6 is 27.7 Å². The Labute approximate surface area is 125 Å². The maximum absolute atomic E-state index is 13.6. The quantitative estimate of drug-likeness (QED) is 0.835. The molecule has 2 aromatic carbocycles. The van der Waals surface area contributed by atoms with Crippen molar-refractivity contribution in [2.45, 2.75) is 23.3 Å². The summed E-state index contributed by atoms with van der Waals surface area (Å²) in [5.41, 5.74) is 0.969. The lowest BCUT2D eigenvalue weighted by Crippen LogP contribution is -2.11. The molecule has 0 aliphatic rings. The summed E-state index contributed by atoms with van der Waals surface area (Å²) in [6.45, 7) is 3.61. The van der Waals surface area contributed by atoms with Crippen molar-refractivity contribution in [2.24, 2.45) is 0 Å². The number of hydrogen-bond acceptors (Lipinski definition) is 2. The maximum Gasteiger partial charge on any atom is 0.124 e. The van der Waals surface area contributed by atoms with Crippen LogP contribution in [0.25, 0.3) is 0 Å². The smallest absolute Gasteiger partial charge is 0.124 e. The van der Waals surface area contributed by atoms with E-state index in [1.165, 1.54) is 0 Å². The van der Waals surface area contributed by atoms with Crippen molar-refractivity contribution in [1.29, 1.82) is 0 Å². The Morgan fingerprint density at radius 1 is 1.21 bits per heavy atom. The fourth-order valence-electron chi connectivity index (χ4n) is 1.71. The van der Waals surface area contributed by atoms with Crippen LogP contribution < -0.4 is 5.32 Å². The summed E-state index contributed by atoms with van der Waals surface area (Å²) in [5.74, 6) is -0.190. The molecule has 19 heavy (non-hydrogen) atoms. The monoisotopic (exact) mass is 339 g/mol. The van der Waals surface area contributed by atoms with E-state index in [1.807, 2.05) is 37.3 Å². The van der Waals surface area contributed by atoms with Crippen LogP contribution in [0.4, 0.5) is 4.39 Å². The molecule has 100 valence electrons. The zero-order valence-electron chi connectivity index (χ0n) is 10.6. The minimum Gasteiger partial charge on any atom is -0.313 e. The number of nitrogens with one attached hydrogen (secondary N) is 1. The molecule has 0 spiro atoms. The van der Waals surface area contributed by atoms with Crippen LogP contribution in [0.2, 0.25) is 0 Å². The lowest BCUT2D eigenvalue weighted by atomic mass is 10.2. The first kappa shape index (κ1) is 14.6. The molecule has 0 aromatic heterocycles. The Hall–Kier alpha value is -0.840. The molecule has 0 atom stereocenters. The lowest BCUT2D eigenvalue weighted by molar-refractivity contribution is 0.617. The third kappa shape index (κ3) is 4.34. The van der Waals surface area contributed by atoms with E-state index < -0.39 is 0 Å². The molecule has 4 heteroatoms. The van der Waals surface area contributed by atoms with Crippen molar-refractivity contribution in [3.63, 3.8) is 0 Å². The normalized spacial score (nSPS) is 10.7. The first-order chi connectivity index (χ1) is 9.19. The summed E-state index contributed by atoms with van der Waals surface area (Å²) in [4.78, 5) is 2.00. The minimum absolute atomic E-state index is 0.190. The first-order valence-electron chi connectivity index (χ1n) is 6.11. The van der Waals surface area contributed by atoms with Gasteiger partial charge in [-0.15, -0.1) is 0 Å². The second kappa shape index (κ2) is 7.08. The van der Waals surface area contributed by atoms with Crippen LogP contribution in [-0.2, 0) is 6.54 Å². The average molecular weight is 340 g/mol. The second-order valence-corrected chi connectivity index (χ2v) is 6.08. The van der Waals surface area contributed by atoms with Crippen molar-refractivity contribution in [2.75, 3.05) is 6.54 Å². The number of rotatable bonds is 5. The van der Waals surface area contributed by atoms with Gasteiger partial charge in [0.05, 0.1) is 0 Å². The summed E-state index contributed by atoms with van der Waals surface area (Å²) in [6.07, 6.45) is 0. The molecule has 0 heterocycles. The minimum atomic E-state index is -0.190. The summed E-state index contributed by atoms with van der Waals surface area (Å²) < 4.78 is 14.6. The third-order valence-corrected chi connectivity index (χ3v) is 4.58. The Bertz CT molecular complexity index is 560. The highest BCUT2D eigenvalue weighted by Crippen LogP contribution is 2.34. The second-order valence-electron chi connectivity index (χ2n) is 4.11. The van der Waals surface area contributed by atoms with Crippen LogP contribution in [0.5, 0.6) is 0 Å². The average Bonchev–Trinajstić information content (AvgIpc) is 2.38. The number of hydrogen-bond donors (Lipinski definition) is 1. The molecule has 2 aromatic rings. The molecular weight excluding hydrogens is 325 g/mol. The fraction of sp³-hybridized carbons (Fsp3) is 0.200. The van der Waals surface area contributed by atoms with Crippen molar-refractivity contribution in [3.05, 3.63) is 58.3 Å². The first-order valence-corrected chi connectivity index (χ1v) is 7.72. The van der Waals surface area contributed by atoms with E-state index in [2.05, 4.69) is 21.2 Å². The lowest BCUT2D eigenvalue weighted by Gasteiger charge is -2.08. The topological polar surface area (TPSA) is 12.0 Å². The molecular formula is C15H15BrFNS.